The number of anilines is 1. The van der Waals surface area contributed by atoms with Crippen LogP contribution < -0.4 is 26.8 Å². The number of amides is 3. The minimum absolute atomic E-state index is 0. The number of carbonyl (C=O) groups is 2. The molecule has 3 aliphatic heterocycles. The lowest BCUT2D eigenvalue weighted by Crippen LogP contribution is -2.50. The molecule has 0 radical (unpaired) electrons. The van der Waals surface area contributed by atoms with Crippen molar-refractivity contribution in [1.82, 2.24) is 26.4 Å². The summed E-state index contributed by atoms with van der Waals surface area (Å²) in [6.45, 7) is 2.92. The number of nitrogens with zero attached hydrogens (tertiary/aromatic N) is 1. The molecule has 3 fully saturated rings. The van der Waals surface area contributed by atoms with E-state index in [1.807, 2.05) is 4.90 Å². The lowest BCUT2D eigenvalue weighted by atomic mass is 9.89. The highest BCUT2D eigenvalue weighted by molar-refractivity contribution is 5.89. The van der Waals surface area contributed by atoms with Gasteiger partial charge in [-0.05, 0) is 43.7 Å². The molecule has 3 amide bonds. The summed E-state index contributed by atoms with van der Waals surface area (Å²) in [7, 11) is 0. The molecule has 4 rings (SSSR count). The second-order valence-electron chi connectivity index (χ2n) is 7.40. The van der Waals surface area contributed by atoms with Crippen molar-refractivity contribution in [3.05, 3.63) is 30.1 Å². The summed E-state index contributed by atoms with van der Waals surface area (Å²) in [6.07, 6.45) is 1.73. The van der Waals surface area contributed by atoms with Gasteiger partial charge >= 0.3 is 6.03 Å². The summed E-state index contributed by atoms with van der Waals surface area (Å²) in [5.41, 5.74) is 6.93. The lowest BCUT2D eigenvalue weighted by molar-refractivity contribution is -0.133. The van der Waals surface area contributed by atoms with E-state index in [0.29, 0.717) is 24.8 Å². The highest BCUT2D eigenvalue weighted by Crippen LogP contribution is 2.23. The Bertz CT molecular complexity index is 706. The van der Waals surface area contributed by atoms with Crippen LogP contribution in [0.25, 0.3) is 0 Å². The van der Waals surface area contributed by atoms with Gasteiger partial charge in [-0.25, -0.2) is 14.6 Å². The van der Waals surface area contributed by atoms with E-state index in [-0.39, 0.29) is 48.2 Å². The summed E-state index contributed by atoms with van der Waals surface area (Å²) < 4.78 is 12.9. The number of benzene rings is 1. The van der Waals surface area contributed by atoms with Crippen LogP contribution in [0.1, 0.15) is 12.8 Å². The van der Waals surface area contributed by atoms with Crippen LogP contribution in [0.2, 0.25) is 0 Å². The van der Waals surface area contributed by atoms with Gasteiger partial charge in [0.05, 0.1) is 0 Å². The third-order valence-electron chi connectivity index (χ3n) is 5.58. The van der Waals surface area contributed by atoms with E-state index in [0.717, 1.165) is 25.9 Å². The van der Waals surface area contributed by atoms with Crippen molar-refractivity contribution in [3.63, 3.8) is 0 Å². The van der Waals surface area contributed by atoms with Crippen molar-refractivity contribution in [1.29, 1.82) is 0 Å². The van der Waals surface area contributed by atoms with Gasteiger partial charge in [0, 0.05) is 43.3 Å². The third-order valence-corrected chi connectivity index (χ3v) is 5.58. The van der Waals surface area contributed by atoms with Gasteiger partial charge in [-0.3, -0.25) is 10.2 Å². The van der Waals surface area contributed by atoms with Crippen LogP contribution in [0, 0.1) is 11.7 Å². The van der Waals surface area contributed by atoms with Crippen molar-refractivity contribution in [2.24, 2.45) is 5.92 Å². The molecule has 0 bridgehead atoms. The standard InChI is InChI=1S/C18H25FN6O2.ClH/c19-11-1-3-12(4-2-11)21-18(27)22-13-6-8-25(10-13)17(26)16-14-9-20-7-5-15(14)23-24-16;/h1-4,13-16,20,23-24H,5-10H2,(H2,21,22,27);1H. The molecule has 3 aliphatic rings. The SMILES string of the molecule is Cl.O=C(Nc1ccc(F)cc1)NC1CCN(C(=O)C2NNC3CCNCC32)C1. The first-order chi connectivity index (χ1) is 13.1. The topological polar surface area (TPSA) is 97.5 Å². The monoisotopic (exact) mass is 412 g/mol. The van der Waals surface area contributed by atoms with E-state index in [2.05, 4.69) is 26.8 Å². The molecule has 1 aromatic rings. The molecule has 10 heteroatoms. The van der Waals surface area contributed by atoms with Crippen LogP contribution in [-0.2, 0) is 4.79 Å². The molecule has 0 aromatic heterocycles. The van der Waals surface area contributed by atoms with Gasteiger partial charge in [0.25, 0.3) is 0 Å². The number of carbonyl (C=O) groups excluding carboxylic acids is 2. The Labute approximate surface area is 169 Å². The fourth-order valence-corrected chi connectivity index (χ4v) is 4.12. The van der Waals surface area contributed by atoms with Crippen LogP contribution in [0.4, 0.5) is 14.9 Å². The molecule has 0 spiro atoms. The number of piperidine rings is 1. The van der Waals surface area contributed by atoms with Crippen molar-refractivity contribution < 1.29 is 14.0 Å². The number of hydrogen-bond donors (Lipinski definition) is 5. The number of rotatable bonds is 3. The van der Waals surface area contributed by atoms with Crippen LogP contribution in [0.15, 0.2) is 24.3 Å². The number of hydrogen-bond acceptors (Lipinski definition) is 5. The van der Waals surface area contributed by atoms with Gasteiger partial charge in [0.2, 0.25) is 5.91 Å². The maximum Gasteiger partial charge on any atom is 0.319 e. The first-order valence-electron chi connectivity index (χ1n) is 9.44. The number of fused-ring (bicyclic) bond motifs is 1. The van der Waals surface area contributed by atoms with Crippen molar-refractivity contribution in [3.8, 4) is 0 Å². The van der Waals surface area contributed by atoms with Crippen LogP contribution >= 0.6 is 12.4 Å². The molecule has 4 unspecified atom stereocenters. The molecule has 154 valence electrons. The van der Waals surface area contributed by atoms with Gasteiger partial charge in [-0.15, -0.1) is 12.4 Å². The van der Waals surface area contributed by atoms with E-state index in [1.54, 1.807) is 0 Å². The van der Waals surface area contributed by atoms with Crippen LogP contribution in [-0.4, -0.2) is 61.1 Å². The zero-order chi connectivity index (χ0) is 18.8. The summed E-state index contributed by atoms with van der Waals surface area (Å²) in [6, 6.07) is 5.26. The molecule has 28 heavy (non-hydrogen) atoms. The minimum atomic E-state index is -0.351. The average molecular weight is 413 g/mol. The third kappa shape index (κ3) is 4.54. The van der Waals surface area contributed by atoms with Gasteiger partial charge in [0.1, 0.15) is 11.9 Å². The highest BCUT2D eigenvalue weighted by atomic mass is 35.5. The van der Waals surface area contributed by atoms with Crippen molar-refractivity contribution in [2.45, 2.75) is 31.0 Å². The lowest BCUT2D eigenvalue weighted by Gasteiger charge is -2.29. The number of likely N-dealkylation sites (tertiary alicyclic amines) is 1. The van der Waals surface area contributed by atoms with E-state index in [4.69, 9.17) is 0 Å². The Morgan fingerprint density at radius 3 is 2.71 bits per heavy atom. The van der Waals surface area contributed by atoms with E-state index in [1.165, 1.54) is 24.3 Å². The smallest absolute Gasteiger partial charge is 0.319 e. The largest absolute Gasteiger partial charge is 0.339 e. The summed E-state index contributed by atoms with van der Waals surface area (Å²) in [5, 5.41) is 8.92. The second-order valence-corrected chi connectivity index (χ2v) is 7.40. The first-order valence-corrected chi connectivity index (χ1v) is 9.44. The maximum absolute atomic E-state index is 12.9. The van der Waals surface area contributed by atoms with Gasteiger partial charge in [-0.1, -0.05) is 0 Å². The van der Waals surface area contributed by atoms with Gasteiger partial charge in [-0.2, -0.15) is 0 Å². The van der Waals surface area contributed by atoms with E-state index < -0.39 is 0 Å². The minimum Gasteiger partial charge on any atom is -0.339 e. The molecule has 0 saturated carbocycles. The number of halogens is 2. The number of urea groups is 1. The fourth-order valence-electron chi connectivity index (χ4n) is 4.12. The zero-order valence-electron chi connectivity index (χ0n) is 15.4. The Kier molecular flexibility index (Phi) is 6.71. The molecule has 0 aliphatic carbocycles. The number of nitrogens with one attached hydrogen (secondary N) is 5. The van der Waals surface area contributed by atoms with E-state index >= 15 is 0 Å². The van der Waals surface area contributed by atoms with Crippen LogP contribution in [0.5, 0.6) is 0 Å². The quantitative estimate of drug-likeness (QED) is 0.496. The Morgan fingerprint density at radius 1 is 1.14 bits per heavy atom. The molecular weight excluding hydrogens is 387 g/mol. The summed E-state index contributed by atoms with van der Waals surface area (Å²) in [4.78, 5) is 26.8. The normalized spacial score (nSPS) is 29.0. The number of hydrazine groups is 1. The highest BCUT2D eigenvalue weighted by Gasteiger charge is 2.43. The molecule has 5 N–H and O–H groups in total. The zero-order valence-corrected chi connectivity index (χ0v) is 16.2. The molecule has 3 saturated heterocycles. The van der Waals surface area contributed by atoms with E-state index in [9.17, 15) is 14.0 Å². The fraction of sp³-hybridized carbons (Fsp3) is 0.556. The molecular formula is C18H26ClFN6O2. The predicted octanol–water partition coefficient (Wildman–Crippen LogP) is 0.424. The average Bonchev–Trinajstić information content (AvgIpc) is 3.30. The second kappa shape index (κ2) is 9.04. The molecule has 8 nitrogen and oxygen atoms in total. The van der Waals surface area contributed by atoms with Crippen molar-refractivity contribution in [2.75, 3.05) is 31.5 Å². The van der Waals surface area contributed by atoms with Gasteiger partial charge < -0.3 is 20.9 Å². The molecule has 4 atom stereocenters. The molecule has 3 heterocycles. The Balaban J connectivity index is 0.00000225. The van der Waals surface area contributed by atoms with Gasteiger partial charge in [0.15, 0.2) is 0 Å². The molecule has 1 aromatic carbocycles. The summed E-state index contributed by atoms with van der Waals surface area (Å²) in [5.74, 6) is -0.0155. The first kappa shape index (κ1) is 20.8. The predicted molar refractivity (Wildman–Crippen MR) is 106 cm³/mol. The Hall–Kier alpha value is -1.94. The van der Waals surface area contributed by atoms with Crippen molar-refractivity contribution >= 4 is 30.0 Å². The Morgan fingerprint density at radius 2 is 1.93 bits per heavy atom. The van der Waals surface area contributed by atoms with Crippen LogP contribution in [0.3, 0.4) is 0 Å². The maximum atomic E-state index is 12.9. The summed E-state index contributed by atoms with van der Waals surface area (Å²) >= 11 is 0.